The lowest BCUT2D eigenvalue weighted by molar-refractivity contribution is 0.443. The normalized spacial score (nSPS) is 10.8. The van der Waals surface area contributed by atoms with Crippen LogP contribution in [0.25, 0.3) is 0 Å². The molecule has 0 atom stereocenters. The Hall–Kier alpha value is -2.36. The molecule has 0 aliphatic rings. The Bertz CT molecular complexity index is 527. The molecule has 0 unspecified atom stereocenters. The highest BCUT2D eigenvalue weighted by Gasteiger charge is 2.17. The summed E-state index contributed by atoms with van der Waals surface area (Å²) in [5.41, 5.74) is 0.965. The van der Waals surface area contributed by atoms with E-state index in [4.69, 9.17) is 0 Å². The highest BCUT2D eigenvalue weighted by atomic mass is 16.3. The quantitative estimate of drug-likeness (QED) is 0.614. The molecule has 0 bridgehead atoms. The number of hydrogen-bond acceptors (Lipinski definition) is 4. The van der Waals surface area contributed by atoms with Crippen molar-refractivity contribution in [1.29, 1.82) is 0 Å². The number of benzene rings is 2. The van der Waals surface area contributed by atoms with E-state index in [0.29, 0.717) is 11.1 Å². The fourth-order valence-corrected chi connectivity index (χ4v) is 1.95. The van der Waals surface area contributed by atoms with Crippen LogP contribution in [0.4, 0.5) is 0 Å². The third kappa shape index (κ3) is 2.18. The average molecular weight is 246 g/mol. The molecule has 0 aliphatic heterocycles. The number of aromatic hydroxyl groups is 4. The highest BCUT2D eigenvalue weighted by Crippen LogP contribution is 2.38. The number of rotatable bonds is 2. The Kier molecular flexibility index (Phi) is 3.02. The van der Waals surface area contributed by atoms with Gasteiger partial charge in [-0.25, -0.2) is 0 Å². The lowest BCUT2D eigenvalue weighted by atomic mass is 9.91. The van der Waals surface area contributed by atoms with Gasteiger partial charge in [0.25, 0.3) is 0 Å². The van der Waals surface area contributed by atoms with E-state index < -0.39 is 0 Å². The second-order valence-electron chi connectivity index (χ2n) is 4.21. The molecule has 0 radical (unpaired) electrons. The number of hydrogen-bond donors (Lipinski definition) is 4. The SMILES string of the molecule is CC(c1cc(O)ccc1O)c1cc(O)ccc1O. The van der Waals surface area contributed by atoms with Gasteiger partial charge in [0.1, 0.15) is 23.0 Å². The zero-order valence-corrected chi connectivity index (χ0v) is 9.83. The summed E-state index contributed by atoms with van der Waals surface area (Å²) in [6.45, 7) is 1.77. The zero-order chi connectivity index (χ0) is 13.3. The van der Waals surface area contributed by atoms with Crippen molar-refractivity contribution in [3.63, 3.8) is 0 Å². The van der Waals surface area contributed by atoms with Gasteiger partial charge < -0.3 is 20.4 Å². The van der Waals surface area contributed by atoms with Crippen LogP contribution in [0.5, 0.6) is 23.0 Å². The predicted octanol–water partition coefficient (Wildman–Crippen LogP) is 2.66. The summed E-state index contributed by atoms with van der Waals surface area (Å²) in [6.07, 6.45) is 0. The van der Waals surface area contributed by atoms with Crippen molar-refractivity contribution in [3.8, 4) is 23.0 Å². The van der Waals surface area contributed by atoms with Crippen LogP contribution in [-0.4, -0.2) is 20.4 Å². The lowest BCUT2D eigenvalue weighted by Gasteiger charge is -2.16. The molecule has 2 aromatic carbocycles. The molecular weight excluding hydrogens is 232 g/mol. The van der Waals surface area contributed by atoms with Crippen molar-refractivity contribution in [2.75, 3.05) is 0 Å². The topological polar surface area (TPSA) is 80.9 Å². The third-order valence-electron chi connectivity index (χ3n) is 2.96. The van der Waals surface area contributed by atoms with Gasteiger partial charge in [0.15, 0.2) is 0 Å². The monoisotopic (exact) mass is 246 g/mol. The fraction of sp³-hybridized carbons (Fsp3) is 0.143. The summed E-state index contributed by atoms with van der Waals surface area (Å²) in [4.78, 5) is 0. The van der Waals surface area contributed by atoms with Crippen LogP contribution in [-0.2, 0) is 0 Å². The molecule has 94 valence electrons. The van der Waals surface area contributed by atoms with E-state index in [1.54, 1.807) is 6.92 Å². The van der Waals surface area contributed by atoms with Gasteiger partial charge in [-0.15, -0.1) is 0 Å². The van der Waals surface area contributed by atoms with Crippen molar-refractivity contribution in [2.24, 2.45) is 0 Å². The van der Waals surface area contributed by atoms with Gasteiger partial charge in [-0.2, -0.15) is 0 Å². The molecule has 0 saturated heterocycles. The Morgan fingerprint density at radius 1 is 0.722 bits per heavy atom. The maximum atomic E-state index is 9.77. The van der Waals surface area contributed by atoms with E-state index in [-0.39, 0.29) is 28.9 Å². The molecule has 2 rings (SSSR count). The summed E-state index contributed by atoms with van der Waals surface area (Å²) in [7, 11) is 0. The number of phenolic OH excluding ortho intramolecular Hbond substituents is 4. The first-order chi connectivity index (χ1) is 8.49. The van der Waals surface area contributed by atoms with Crippen molar-refractivity contribution in [3.05, 3.63) is 47.5 Å². The van der Waals surface area contributed by atoms with Crippen molar-refractivity contribution < 1.29 is 20.4 Å². The second-order valence-corrected chi connectivity index (χ2v) is 4.21. The average Bonchev–Trinajstić information content (AvgIpc) is 2.34. The van der Waals surface area contributed by atoms with E-state index in [1.807, 2.05) is 0 Å². The minimum atomic E-state index is -0.357. The molecule has 4 nitrogen and oxygen atoms in total. The van der Waals surface area contributed by atoms with E-state index >= 15 is 0 Å². The molecule has 0 saturated carbocycles. The molecule has 0 aliphatic carbocycles. The van der Waals surface area contributed by atoms with Gasteiger partial charge in [-0.05, 0) is 36.4 Å². The first-order valence-corrected chi connectivity index (χ1v) is 5.53. The number of phenols is 4. The Morgan fingerprint density at radius 2 is 1.11 bits per heavy atom. The first-order valence-electron chi connectivity index (χ1n) is 5.53. The van der Waals surface area contributed by atoms with Gasteiger partial charge in [0.2, 0.25) is 0 Å². The van der Waals surface area contributed by atoms with E-state index in [1.165, 1.54) is 36.4 Å². The van der Waals surface area contributed by atoms with Crippen LogP contribution in [0.3, 0.4) is 0 Å². The zero-order valence-electron chi connectivity index (χ0n) is 9.83. The van der Waals surface area contributed by atoms with E-state index in [0.717, 1.165) is 0 Å². The first kappa shape index (κ1) is 12.1. The Labute approximate surface area is 104 Å². The summed E-state index contributed by atoms with van der Waals surface area (Å²) in [5, 5.41) is 38.4. The summed E-state index contributed by atoms with van der Waals surface area (Å²) in [5.74, 6) is -0.223. The Balaban J connectivity index is 2.50. The largest absolute Gasteiger partial charge is 0.508 e. The molecule has 2 aromatic rings. The van der Waals surface area contributed by atoms with Crippen LogP contribution in [0.15, 0.2) is 36.4 Å². The fourth-order valence-electron chi connectivity index (χ4n) is 1.95. The molecule has 18 heavy (non-hydrogen) atoms. The smallest absolute Gasteiger partial charge is 0.119 e. The summed E-state index contributed by atoms with van der Waals surface area (Å²) >= 11 is 0. The summed E-state index contributed by atoms with van der Waals surface area (Å²) in [6, 6.07) is 8.41. The van der Waals surface area contributed by atoms with E-state index in [2.05, 4.69) is 0 Å². The van der Waals surface area contributed by atoms with Crippen LogP contribution in [0, 0.1) is 0 Å². The van der Waals surface area contributed by atoms with E-state index in [9.17, 15) is 20.4 Å². The molecule has 0 aromatic heterocycles. The maximum Gasteiger partial charge on any atom is 0.119 e. The van der Waals surface area contributed by atoms with Gasteiger partial charge in [0.05, 0.1) is 0 Å². The van der Waals surface area contributed by atoms with Crippen molar-refractivity contribution in [2.45, 2.75) is 12.8 Å². The molecule has 0 heterocycles. The molecule has 4 heteroatoms. The van der Waals surface area contributed by atoms with Crippen LogP contribution >= 0.6 is 0 Å². The Morgan fingerprint density at radius 3 is 1.50 bits per heavy atom. The minimum absolute atomic E-state index is 0.0306. The van der Waals surface area contributed by atoms with Crippen molar-refractivity contribution in [1.82, 2.24) is 0 Å². The van der Waals surface area contributed by atoms with Gasteiger partial charge >= 0.3 is 0 Å². The van der Waals surface area contributed by atoms with Gasteiger partial charge in [-0.3, -0.25) is 0 Å². The summed E-state index contributed by atoms with van der Waals surface area (Å²) < 4.78 is 0. The van der Waals surface area contributed by atoms with Crippen LogP contribution in [0.1, 0.15) is 24.0 Å². The third-order valence-corrected chi connectivity index (χ3v) is 2.96. The van der Waals surface area contributed by atoms with Gasteiger partial charge in [0, 0.05) is 17.0 Å². The van der Waals surface area contributed by atoms with Gasteiger partial charge in [-0.1, -0.05) is 6.92 Å². The lowest BCUT2D eigenvalue weighted by Crippen LogP contribution is -1.97. The molecule has 4 N–H and O–H groups in total. The molecular formula is C14H14O4. The molecule has 0 fully saturated rings. The van der Waals surface area contributed by atoms with Crippen LogP contribution < -0.4 is 0 Å². The standard InChI is InChI=1S/C14H14O4/c1-8(11-6-9(15)2-4-13(11)17)12-7-10(16)3-5-14(12)18/h2-8,15-18H,1H3. The molecule has 0 amide bonds. The van der Waals surface area contributed by atoms with Crippen LogP contribution in [0.2, 0.25) is 0 Å². The maximum absolute atomic E-state index is 9.77. The highest BCUT2D eigenvalue weighted by molar-refractivity contribution is 5.49. The predicted molar refractivity (Wildman–Crippen MR) is 67.1 cm³/mol. The molecule has 0 spiro atoms. The van der Waals surface area contributed by atoms with Crippen molar-refractivity contribution >= 4 is 0 Å². The minimum Gasteiger partial charge on any atom is -0.508 e. The second kappa shape index (κ2) is 4.49.